The Morgan fingerprint density at radius 3 is 1.33 bits per heavy atom. The Kier molecular flexibility index (Phi) is 9.34. The van der Waals surface area contributed by atoms with Crippen molar-refractivity contribution in [2.45, 2.75) is 38.9 Å². The van der Waals surface area contributed by atoms with Gasteiger partial charge in [-0.15, -0.1) is 0 Å². The minimum Gasteiger partial charge on any atom is -0.260 e. The van der Waals surface area contributed by atoms with E-state index in [1.807, 2.05) is 0 Å². The predicted molar refractivity (Wildman–Crippen MR) is 51.2 cm³/mol. The smallest absolute Gasteiger partial charge is 0.260 e. The second kappa shape index (κ2) is 7.69. The first kappa shape index (κ1) is 14.6. The quantitative estimate of drug-likeness (QED) is 0.446. The summed E-state index contributed by atoms with van der Waals surface area (Å²) in [4.78, 5) is 0. The lowest BCUT2D eigenvalue weighted by Gasteiger charge is -2.03. The van der Waals surface area contributed by atoms with E-state index < -0.39 is 10.5 Å². The maximum absolute atomic E-state index is 10.2. The third-order valence-corrected chi connectivity index (χ3v) is 5.20. The van der Waals surface area contributed by atoms with Crippen LogP contribution in [-0.4, -0.2) is 21.8 Å². The number of hydrogen-bond donors (Lipinski definition) is 1. The molecule has 0 heterocycles. The van der Waals surface area contributed by atoms with Gasteiger partial charge in [-0.3, -0.25) is 4.55 Å². The van der Waals surface area contributed by atoms with Crippen molar-refractivity contribution in [2.75, 3.05) is 0 Å². The van der Waals surface area contributed by atoms with Gasteiger partial charge in [-0.2, -0.15) is 8.42 Å². The molecule has 0 rings (SSSR count). The average molecular weight is 216 g/mol. The molecule has 0 atom stereocenters. The molecule has 0 aliphatic carbocycles. The highest BCUT2D eigenvalue weighted by molar-refractivity contribution is 7.80. The first-order valence-electron chi connectivity index (χ1n) is 4.02. The van der Waals surface area contributed by atoms with E-state index in [0.29, 0.717) is 0 Å². The Labute approximate surface area is 75.6 Å². The van der Waals surface area contributed by atoms with Crippen LogP contribution in [0.15, 0.2) is 0 Å². The molecule has 0 saturated heterocycles. The van der Waals surface area contributed by atoms with E-state index in [1.165, 1.54) is 18.1 Å². The van der Waals surface area contributed by atoms with E-state index in [9.17, 15) is 3.89 Å². The topological polar surface area (TPSA) is 54.4 Å². The lowest BCUT2D eigenvalue weighted by atomic mass is 10.9. The fraction of sp³-hybridized carbons (Fsp3) is 1.00. The van der Waals surface area contributed by atoms with Gasteiger partial charge in [0.1, 0.15) is 0 Å². The molecule has 0 saturated carbocycles. The monoisotopic (exact) mass is 216 g/mol. The molecule has 0 aromatic heterocycles. The van der Waals surface area contributed by atoms with Crippen molar-refractivity contribution in [1.82, 2.24) is 0 Å². The molecule has 0 spiro atoms. The molecule has 3 nitrogen and oxygen atoms in total. The molecular weight excluding hydrogens is 199 g/mol. The zero-order chi connectivity index (χ0) is 10.2. The zero-order valence-electron chi connectivity index (χ0n) is 7.75. The van der Waals surface area contributed by atoms with Crippen LogP contribution in [0.3, 0.4) is 0 Å². The highest BCUT2D eigenvalue weighted by Crippen LogP contribution is 2.01. The summed E-state index contributed by atoms with van der Waals surface area (Å²) in [6, 6.07) is 4.48. The fourth-order valence-corrected chi connectivity index (χ4v) is 2.60. The molecule has 0 aromatic carbocycles. The molecule has 0 fully saturated rings. The van der Waals surface area contributed by atoms with Crippen molar-refractivity contribution in [3.8, 4) is 0 Å². The molecule has 0 bridgehead atoms. The summed E-state index contributed by atoms with van der Waals surface area (Å²) in [5.74, 6) is 0. The van der Waals surface area contributed by atoms with E-state index >= 15 is 0 Å². The molecule has 1 N–H and O–H groups in total. The van der Waals surface area contributed by atoms with E-state index in [1.54, 1.807) is 0 Å². The van der Waals surface area contributed by atoms with Crippen molar-refractivity contribution < 1.29 is 16.9 Å². The molecule has 12 heavy (non-hydrogen) atoms. The third kappa shape index (κ3) is 22.5. The normalized spacial score (nSPS) is 10.8. The van der Waals surface area contributed by atoms with Crippen LogP contribution in [0.5, 0.6) is 0 Å². The second-order valence-electron chi connectivity index (χ2n) is 2.50. The number of rotatable bonds is 3. The molecule has 0 aliphatic rings. The van der Waals surface area contributed by atoms with Gasteiger partial charge in [0.15, 0.2) is 0 Å². The van der Waals surface area contributed by atoms with Gasteiger partial charge in [0.2, 0.25) is 0 Å². The summed E-state index contributed by atoms with van der Waals surface area (Å²) in [6.45, 7) is 6.97. The Morgan fingerprint density at radius 1 is 1.17 bits per heavy atom. The second-order valence-corrected chi connectivity index (χ2v) is 7.51. The van der Waals surface area contributed by atoms with Gasteiger partial charge >= 0.3 is 10.5 Å². The Balaban J connectivity index is 0. The Morgan fingerprint density at radius 2 is 1.33 bits per heavy atom. The van der Waals surface area contributed by atoms with Crippen molar-refractivity contribution in [3.05, 3.63) is 0 Å². The minimum atomic E-state index is -5.17. The molecule has 6 heteroatoms. The molecular formula is C6H17FO3SSi. The summed E-state index contributed by atoms with van der Waals surface area (Å²) in [5, 5.41) is 0. The fourth-order valence-electron chi connectivity index (χ4n) is 0.866. The molecule has 76 valence electrons. The summed E-state index contributed by atoms with van der Waals surface area (Å²) < 4.78 is 34.1. The van der Waals surface area contributed by atoms with Crippen molar-refractivity contribution in [3.63, 3.8) is 0 Å². The van der Waals surface area contributed by atoms with Crippen LogP contribution in [-0.2, 0) is 10.5 Å². The van der Waals surface area contributed by atoms with E-state index in [2.05, 4.69) is 20.8 Å². The number of hydrogen-bond acceptors (Lipinski definition) is 2. The van der Waals surface area contributed by atoms with Crippen molar-refractivity contribution in [2.24, 2.45) is 0 Å². The average Bonchev–Trinajstić information content (AvgIpc) is 1.88. The van der Waals surface area contributed by atoms with Crippen LogP contribution in [0.2, 0.25) is 18.1 Å². The van der Waals surface area contributed by atoms with Crippen LogP contribution in [0.25, 0.3) is 0 Å². The van der Waals surface area contributed by atoms with E-state index in [-0.39, 0.29) is 8.80 Å². The van der Waals surface area contributed by atoms with Crippen LogP contribution < -0.4 is 0 Å². The van der Waals surface area contributed by atoms with Crippen molar-refractivity contribution >= 4 is 19.3 Å². The van der Waals surface area contributed by atoms with Crippen LogP contribution in [0.4, 0.5) is 3.89 Å². The van der Waals surface area contributed by atoms with Gasteiger partial charge in [0.25, 0.3) is 0 Å². The summed E-state index contributed by atoms with van der Waals surface area (Å²) in [5.41, 5.74) is 0. The zero-order valence-corrected chi connectivity index (χ0v) is 9.72. The van der Waals surface area contributed by atoms with E-state index in [4.69, 9.17) is 13.0 Å². The van der Waals surface area contributed by atoms with Crippen molar-refractivity contribution in [1.29, 1.82) is 0 Å². The first-order chi connectivity index (χ1) is 5.35. The maximum atomic E-state index is 10.2. The van der Waals surface area contributed by atoms with E-state index in [0.717, 1.165) is 0 Å². The van der Waals surface area contributed by atoms with Gasteiger partial charge < -0.3 is 0 Å². The number of halogens is 1. The molecule has 0 radical (unpaired) electrons. The van der Waals surface area contributed by atoms with Gasteiger partial charge in [0.05, 0.1) is 0 Å². The van der Waals surface area contributed by atoms with Crippen LogP contribution >= 0.6 is 0 Å². The maximum Gasteiger partial charge on any atom is 0.435 e. The highest BCUT2D eigenvalue weighted by atomic mass is 32.3. The van der Waals surface area contributed by atoms with Gasteiger partial charge in [0, 0.05) is 8.80 Å². The van der Waals surface area contributed by atoms with Crippen LogP contribution in [0, 0.1) is 0 Å². The lowest BCUT2D eigenvalue weighted by molar-refractivity contribution is 0.435. The SMILES string of the molecule is CC[SiH](CC)CC.O=S(=O)(O)F. The Bertz CT molecular complexity index is 164. The van der Waals surface area contributed by atoms with Crippen LogP contribution in [0.1, 0.15) is 20.8 Å². The molecule has 0 unspecified atom stereocenters. The summed E-state index contributed by atoms with van der Waals surface area (Å²) in [7, 11) is -5.34. The minimum absolute atomic E-state index is 0.171. The summed E-state index contributed by atoms with van der Waals surface area (Å²) in [6.07, 6.45) is 0. The predicted octanol–water partition coefficient (Wildman–Crippen LogP) is 2.03. The van der Waals surface area contributed by atoms with Gasteiger partial charge in [-0.1, -0.05) is 42.8 Å². The van der Waals surface area contributed by atoms with Gasteiger partial charge in [-0.05, 0) is 0 Å². The molecule has 0 amide bonds. The molecule has 0 aromatic rings. The lowest BCUT2D eigenvalue weighted by Crippen LogP contribution is -2.04. The standard InChI is InChI=1S/C6H16Si.FHO3S/c1-4-7(5-2)6-3;1-5(2,3)4/h7H,4-6H2,1-3H3;(H,2,3,4). The summed E-state index contributed by atoms with van der Waals surface area (Å²) >= 11 is 0. The third-order valence-electron chi connectivity index (χ3n) is 1.73. The first-order valence-corrected chi connectivity index (χ1v) is 7.81. The Hall–Kier alpha value is 0.0569. The highest BCUT2D eigenvalue weighted by Gasteiger charge is 1.98. The largest absolute Gasteiger partial charge is 0.435 e. The van der Waals surface area contributed by atoms with Gasteiger partial charge in [-0.25, -0.2) is 0 Å². The molecule has 0 aliphatic heterocycles.